The summed E-state index contributed by atoms with van der Waals surface area (Å²) in [5.41, 5.74) is 2.25. The number of carboxylic acid groups (broad SMARTS) is 1. The zero-order chi connectivity index (χ0) is 15.4. The molecule has 1 aromatic carbocycles. The highest BCUT2D eigenvalue weighted by Gasteiger charge is 2.23. The fourth-order valence-corrected chi connectivity index (χ4v) is 3.41. The number of amides is 1. The second kappa shape index (κ2) is 6.80. The summed E-state index contributed by atoms with van der Waals surface area (Å²) in [5, 5.41) is 9.17. The van der Waals surface area contributed by atoms with Gasteiger partial charge in [-0.2, -0.15) is 11.8 Å². The molecule has 0 spiro atoms. The van der Waals surface area contributed by atoms with Crippen molar-refractivity contribution < 1.29 is 14.7 Å². The lowest BCUT2D eigenvalue weighted by molar-refractivity contribution is -0.131. The Morgan fingerprint density at radius 3 is 2.86 bits per heavy atom. The van der Waals surface area contributed by atoms with Gasteiger partial charge in [0, 0.05) is 35.7 Å². The largest absolute Gasteiger partial charge is 0.478 e. The fourth-order valence-electron chi connectivity index (χ4n) is 2.40. The number of hydrogen-bond acceptors (Lipinski definition) is 3. The molecule has 21 heavy (non-hydrogen) atoms. The SMILES string of the molecule is Cc1c(/C=C/C(=O)O)cccc1C(=O)N1CCSC(C)C1. The molecule has 2 rings (SSSR count). The average molecular weight is 305 g/mol. The molecule has 1 fully saturated rings. The Balaban J connectivity index is 2.25. The molecule has 1 heterocycles. The van der Waals surface area contributed by atoms with E-state index in [-0.39, 0.29) is 5.91 Å². The molecule has 1 aliphatic heterocycles. The molecule has 0 saturated carbocycles. The number of carboxylic acids is 1. The zero-order valence-electron chi connectivity index (χ0n) is 12.2. The highest BCUT2D eigenvalue weighted by Crippen LogP contribution is 2.22. The molecule has 1 amide bonds. The summed E-state index contributed by atoms with van der Waals surface area (Å²) in [6.07, 6.45) is 2.62. The molecule has 1 unspecified atom stereocenters. The number of benzene rings is 1. The van der Waals surface area contributed by atoms with Crippen LogP contribution >= 0.6 is 11.8 Å². The maximum atomic E-state index is 12.6. The summed E-state index contributed by atoms with van der Waals surface area (Å²) < 4.78 is 0. The summed E-state index contributed by atoms with van der Waals surface area (Å²) >= 11 is 1.88. The number of nitrogens with zero attached hydrogens (tertiary/aromatic N) is 1. The maximum absolute atomic E-state index is 12.6. The van der Waals surface area contributed by atoms with E-state index in [1.165, 1.54) is 6.08 Å². The predicted octanol–water partition coefficient (Wildman–Crippen LogP) is 2.67. The van der Waals surface area contributed by atoms with Crippen LogP contribution in [-0.2, 0) is 4.79 Å². The lowest BCUT2D eigenvalue weighted by Crippen LogP contribution is -2.41. The van der Waals surface area contributed by atoms with Gasteiger partial charge in [0.15, 0.2) is 0 Å². The molecule has 4 nitrogen and oxygen atoms in total. The van der Waals surface area contributed by atoms with Gasteiger partial charge in [0.1, 0.15) is 0 Å². The topological polar surface area (TPSA) is 57.6 Å². The van der Waals surface area contributed by atoms with E-state index < -0.39 is 5.97 Å². The standard InChI is InChI=1S/C16H19NO3S/c1-11-10-17(8-9-21-11)16(20)14-5-3-4-13(12(14)2)6-7-15(18)19/h3-7,11H,8-10H2,1-2H3,(H,18,19)/b7-6+. The fraction of sp³-hybridized carbons (Fsp3) is 0.375. The maximum Gasteiger partial charge on any atom is 0.328 e. The molecule has 0 aliphatic carbocycles. The predicted molar refractivity (Wildman–Crippen MR) is 85.7 cm³/mol. The van der Waals surface area contributed by atoms with Crippen LogP contribution in [0.5, 0.6) is 0 Å². The molecular weight excluding hydrogens is 286 g/mol. The van der Waals surface area contributed by atoms with Crippen molar-refractivity contribution in [3.05, 3.63) is 41.0 Å². The minimum atomic E-state index is -0.993. The summed E-state index contributed by atoms with van der Waals surface area (Å²) in [4.78, 5) is 25.1. The first kappa shape index (κ1) is 15.6. The van der Waals surface area contributed by atoms with Crippen molar-refractivity contribution in [2.24, 2.45) is 0 Å². The third-order valence-electron chi connectivity index (χ3n) is 3.54. The summed E-state index contributed by atoms with van der Waals surface area (Å²) in [6, 6.07) is 5.42. The molecule has 1 N–H and O–H groups in total. The second-order valence-corrected chi connectivity index (χ2v) is 6.67. The number of thioether (sulfide) groups is 1. The normalized spacial score (nSPS) is 19.0. The molecule has 5 heteroatoms. The van der Waals surface area contributed by atoms with Gasteiger partial charge in [-0.1, -0.05) is 19.1 Å². The van der Waals surface area contributed by atoms with E-state index in [9.17, 15) is 9.59 Å². The molecular formula is C16H19NO3S. The Bertz CT molecular complexity index is 583. The third kappa shape index (κ3) is 3.88. The van der Waals surface area contributed by atoms with Crippen molar-refractivity contribution >= 4 is 29.7 Å². The van der Waals surface area contributed by atoms with Gasteiger partial charge in [-0.05, 0) is 30.2 Å². The first-order valence-corrected chi connectivity index (χ1v) is 7.95. The van der Waals surface area contributed by atoms with Gasteiger partial charge >= 0.3 is 5.97 Å². The van der Waals surface area contributed by atoms with Crippen LogP contribution in [0.15, 0.2) is 24.3 Å². The molecule has 0 aromatic heterocycles. The van der Waals surface area contributed by atoms with Crippen molar-refractivity contribution in [1.29, 1.82) is 0 Å². The van der Waals surface area contributed by atoms with Crippen LogP contribution in [0.25, 0.3) is 6.08 Å². The number of hydrogen-bond donors (Lipinski definition) is 1. The van der Waals surface area contributed by atoms with Crippen LogP contribution in [0.2, 0.25) is 0 Å². The van der Waals surface area contributed by atoms with Gasteiger partial charge < -0.3 is 10.0 Å². The Hall–Kier alpha value is -1.75. The van der Waals surface area contributed by atoms with Gasteiger partial charge in [0.2, 0.25) is 0 Å². The summed E-state index contributed by atoms with van der Waals surface area (Å²) in [7, 11) is 0. The van der Waals surface area contributed by atoms with Crippen LogP contribution in [0.3, 0.4) is 0 Å². The number of aliphatic carboxylic acids is 1. The monoisotopic (exact) mass is 305 g/mol. The zero-order valence-corrected chi connectivity index (χ0v) is 13.0. The van der Waals surface area contributed by atoms with Gasteiger partial charge in [-0.25, -0.2) is 4.79 Å². The number of rotatable bonds is 3. The van der Waals surface area contributed by atoms with Crippen LogP contribution in [0, 0.1) is 6.92 Å². The molecule has 0 radical (unpaired) electrons. The van der Waals surface area contributed by atoms with Gasteiger partial charge in [-0.3, -0.25) is 4.79 Å². The Morgan fingerprint density at radius 1 is 1.43 bits per heavy atom. The smallest absolute Gasteiger partial charge is 0.328 e. The highest BCUT2D eigenvalue weighted by atomic mass is 32.2. The van der Waals surface area contributed by atoms with E-state index in [2.05, 4.69) is 6.92 Å². The van der Waals surface area contributed by atoms with Crippen LogP contribution in [0.1, 0.15) is 28.4 Å². The van der Waals surface area contributed by atoms with E-state index in [1.807, 2.05) is 35.7 Å². The summed E-state index contributed by atoms with van der Waals surface area (Å²) in [5.74, 6) is 0.00289. The number of carbonyl (C=O) groups excluding carboxylic acids is 1. The van der Waals surface area contributed by atoms with Gasteiger partial charge in [0.05, 0.1) is 0 Å². The van der Waals surface area contributed by atoms with E-state index in [4.69, 9.17) is 5.11 Å². The van der Waals surface area contributed by atoms with Crippen LogP contribution in [0.4, 0.5) is 0 Å². The van der Waals surface area contributed by atoms with E-state index >= 15 is 0 Å². The molecule has 1 atom stereocenters. The molecule has 0 bridgehead atoms. The summed E-state index contributed by atoms with van der Waals surface area (Å²) in [6.45, 7) is 5.51. The first-order valence-electron chi connectivity index (χ1n) is 6.90. The van der Waals surface area contributed by atoms with Crippen molar-refractivity contribution in [2.45, 2.75) is 19.1 Å². The number of carbonyl (C=O) groups is 2. The van der Waals surface area contributed by atoms with Crippen LogP contribution < -0.4 is 0 Å². The van der Waals surface area contributed by atoms with Gasteiger partial charge in [-0.15, -0.1) is 0 Å². The lowest BCUT2D eigenvalue weighted by atomic mass is 10.0. The average Bonchev–Trinajstić information content (AvgIpc) is 2.45. The molecule has 1 saturated heterocycles. The highest BCUT2D eigenvalue weighted by molar-refractivity contribution is 7.99. The molecule has 1 aliphatic rings. The van der Waals surface area contributed by atoms with Crippen molar-refractivity contribution in [3.8, 4) is 0 Å². The lowest BCUT2D eigenvalue weighted by Gasteiger charge is -2.31. The van der Waals surface area contributed by atoms with Crippen molar-refractivity contribution in [3.63, 3.8) is 0 Å². The van der Waals surface area contributed by atoms with Gasteiger partial charge in [0.25, 0.3) is 5.91 Å². The van der Waals surface area contributed by atoms with E-state index in [0.29, 0.717) is 10.8 Å². The molecule has 1 aromatic rings. The van der Waals surface area contributed by atoms with E-state index in [1.54, 1.807) is 6.07 Å². The minimum Gasteiger partial charge on any atom is -0.478 e. The first-order chi connectivity index (χ1) is 9.99. The van der Waals surface area contributed by atoms with E-state index in [0.717, 1.165) is 36.0 Å². The molecule has 112 valence electrons. The Kier molecular flexibility index (Phi) is 5.07. The second-order valence-electron chi connectivity index (χ2n) is 5.12. The minimum absolute atomic E-state index is 0.0326. The van der Waals surface area contributed by atoms with Crippen molar-refractivity contribution in [1.82, 2.24) is 4.90 Å². The Morgan fingerprint density at radius 2 is 2.19 bits per heavy atom. The third-order valence-corrected chi connectivity index (χ3v) is 4.68. The van der Waals surface area contributed by atoms with Crippen LogP contribution in [-0.4, -0.2) is 46.0 Å². The quantitative estimate of drug-likeness (QED) is 0.872. The van der Waals surface area contributed by atoms with Crippen molar-refractivity contribution in [2.75, 3.05) is 18.8 Å². The Labute approximate surface area is 128 Å².